The Morgan fingerprint density at radius 1 is 1.31 bits per heavy atom. The highest BCUT2D eigenvalue weighted by atomic mass is 35.5. The Labute approximate surface area is 255 Å². The second-order valence-electron chi connectivity index (χ2n) is 11.0. The normalized spacial score (nSPS) is 22.8. The van der Waals surface area contributed by atoms with Crippen LogP contribution in [0.1, 0.15) is 77.8 Å². The fourth-order valence-electron chi connectivity index (χ4n) is 4.53. The molecule has 1 saturated heterocycles. The van der Waals surface area contributed by atoms with E-state index in [9.17, 15) is 9.18 Å². The Morgan fingerprint density at radius 3 is 2.45 bits per heavy atom. The van der Waals surface area contributed by atoms with E-state index in [0.717, 1.165) is 54.6 Å². The van der Waals surface area contributed by atoms with E-state index >= 15 is 0 Å². The molecule has 1 fully saturated rings. The number of hydrogen-bond acceptors (Lipinski definition) is 7. The number of hydrogen-bond donors (Lipinski definition) is 1. The lowest BCUT2D eigenvalue weighted by Gasteiger charge is -2.19. The summed E-state index contributed by atoms with van der Waals surface area (Å²) in [5.41, 5.74) is 6.31. The standard InChI is InChI=1S/C15H15FN2O.C9H12ClNO.C6H10N2.C3H8/c1-15(17-10-18-19-15)12-8-6-11(7-9-12)13-4-2-3-5-14(13)16;1-6(2)9-8(10)7(3-4-12)5-11-9;1-8-3-2-6(4-7)5-8;1-3-2/h2,4,6-10H,3,5H2,1H3,(H,17,18);4,6H,3,5H2,1-2H3;6H,2-3,5H2,1H3;3H2,1-2H3. The van der Waals surface area contributed by atoms with E-state index in [1.54, 1.807) is 0 Å². The van der Waals surface area contributed by atoms with Crippen LogP contribution in [0, 0.1) is 23.2 Å². The highest BCUT2D eigenvalue weighted by Gasteiger charge is 2.30. The van der Waals surface area contributed by atoms with Crippen LogP contribution in [0.4, 0.5) is 4.39 Å². The molecule has 0 amide bonds. The lowest BCUT2D eigenvalue weighted by molar-refractivity contribution is -0.107. The lowest BCUT2D eigenvalue weighted by atomic mass is 9.96. The van der Waals surface area contributed by atoms with Crippen LogP contribution in [0.5, 0.6) is 0 Å². The summed E-state index contributed by atoms with van der Waals surface area (Å²) >= 11 is 6.01. The van der Waals surface area contributed by atoms with Crippen LogP contribution in [0.2, 0.25) is 0 Å². The highest BCUT2D eigenvalue weighted by molar-refractivity contribution is 6.44. The van der Waals surface area contributed by atoms with Gasteiger partial charge in [-0.15, -0.1) is 0 Å². The zero-order valence-electron chi connectivity index (χ0n) is 25.8. The van der Waals surface area contributed by atoms with Crippen molar-refractivity contribution in [2.45, 2.75) is 72.4 Å². The van der Waals surface area contributed by atoms with Crippen LogP contribution in [0.25, 0.3) is 5.57 Å². The van der Waals surface area contributed by atoms with Gasteiger partial charge in [-0.05, 0) is 50.4 Å². The number of nitrogens with one attached hydrogen (secondary N) is 1. The van der Waals surface area contributed by atoms with E-state index in [2.05, 4.69) is 47.3 Å². The average molecular weight is 598 g/mol. The molecule has 2 atom stereocenters. The Hall–Kier alpha value is -3.12. The Morgan fingerprint density at radius 2 is 2.00 bits per heavy atom. The van der Waals surface area contributed by atoms with E-state index in [0.29, 0.717) is 41.8 Å². The molecule has 5 rings (SSSR count). The average Bonchev–Trinajstić information content (AvgIpc) is 3.71. The van der Waals surface area contributed by atoms with Gasteiger partial charge in [0.05, 0.1) is 29.3 Å². The molecule has 1 aliphatic carbocycles. The summed E-state index contributed by atoms with van der Waals surface area (Å²) in [7, 11) is 2.05. The number of benzene rings is 1. The van der Waals surface area contributed by atoms with E-state index in [1.807, 2.05) is 57.2 Å². The van der Waals surface area contributed by atoms with Crippen LogP contribution < -0.4 is 5.48 Å². The molecule has 0 spiro atoms. The summed E-state index contributed by atoms with van der Waals surface area (Å²) in [5, 5.41) is 9.11. The molecule has 2 unspecified atom stereocenters. The predicted octanol–water partition coefficient (Wildman–Crippen LogP) is 7.51. The van der Waals surface area contributed by atoms with Crippen molar-refractivity contribution >= 4 is 35.5 Å². The number of likely N-dealkylation sites (tertiary alicyclic amines) is 1. The van der Waals surface area contributed by atoms with E-state index in [4.69, 9.17) is 21.7 Å². The molecular weight excluding hydrogens is 553 g/mol. The summed E-state index contributed by atoms with van der Waals surface area (Å²) in [6.07, 6.45) is 10.2. The summed E-state index contributed by atoms with van der Waals surface area (Å²) in [4.78, 5) is 26.3. The van der Waals surface area contributed by atoms with Gasteiger partial charge in [-0.2, -0.15) is 5.26 Å². The van der Waals surface area contributed by atoms with Crippen LogP contribution in [-0.4, -0.2) is 49.9 Å². The van der Waals surface area contributed by atoms with Gasteiger partial charge in [0.1, 0.15) is 18.5 Å². The van der Waals surface area contributed by atoms with Crippen molar-refractivity contribution in [2.75, 3.05) is 26.7 Å². The summed E-state index contributed by atoms with van der Waals surface area (Å²) in [6, 6.07) is 9.90. The molecule has 3 aliphatic heterocycles. The molecule has 0 bridgehead atoms. The molecule has 9 heteroatoms. The van der Waals surface area contributed by atoms with Crippen molar-refractivity contribution in [2.24, 2.45) is 21.8 Å². The van der Waals surface area contributed by atoms with Crippen molar-refractivity contribution < 1.29 is 14.0 Å². The minimum absolute atomic E-state index is 0.0433. The maximum Gasteiger partial charge on any atom is 0.209 e. The molecular formula is C33H45ClFN5O2. The molecule has 228 valence electrons. The molecule has 4 aliphatic rings. The third-order valence-electron chi connectivity index (χ3n) is 6.89. The number of carbonyl (C=O) groups excluding carboxylic acids is 1. The molecule has 42 heavy (non-hydrogen) atoms. The van der Waals surface area contributed by atoms with Gasteiger partial charge < -0.3 is 9.69 Å². The first-order valence-corrected chi connectivity index (χ1v) is 15.0. The fraction of sp³-hybridized carbons (Fsp3) is 0.515. The summed E-state index contributed by atoms with van der Waals surface area (Å²) in [5.74, 6) is 0.611. The minimum atomic E-state index is -0.701. The molecule has 0 radical (unpaired) electrons. The third kappa shape index (κ3) is 10.3. The van der Waals surface area contributed by atoms with Crippen LogP contribution in [0.3, 0.4) is 0 Å². The summed E-state index contributed by atoms with van der Waals surface area (Å²) < 4.78 is 13.8. The predicted molar refractivity (Wildman–Crippen MR) is 171 cm³/mol. The van der Waals surface area contributed by atoms with Crippen molar-refractivity contribution in [3.63, 3.8) is 0 Å². The monoisotopic (exact) mass is 597 g/mol. The van der Waals surface area contributed by atoms with Crippen molar-refractivity contribution in [1.82, 2.24) is 10.4 Å². The number of carbonyl (C=O) groups is 1. The van der Waals surface area contributed by atoms with Crippen LogP contribution in [-0.2, 0) is 15.4 Å². The largest absolute Gasteiger partial charge is 0.305 e. The summed E-state index contributed by atoms with van der Waals surface area (Å²) in [6.45, 7) is 12.9. The topological polar surface area (TPSA) is 90.1 Å². The van der Waals surface area contributed by atoms with Crippen LogP contribution in [0.15, 0.2) is 62.8 Å². The number of halogens is 2. The maximum atomic E-state index is 13.8. The Kier molecular flexibility index (Phi) is 14.8. The first-order chi connectivity index (χ1) is 20.1. The van der Waals surface area contributed by atoms with Crippen molar-refractivity contribution in [3.05, 3.63) is 64.0 Å². The van der Waals surface area contributed by atoms with E-state index in [1.165, 1.54) is 12.8 Å². The third-order valence-corrected chi connectivity index (χ3v) is 7.35. The smallest absolute Gasteiger partial charge is 0.209 e. The first-order valence-electron chi connectivity index (χ1n) is 14.7. The number of nitriles is 1. The van der Waals surface area contributed by atoms with E-state index < -0.39 is 5.72 Å². The number of aldehydes is 1. The first kappa shape index (κ1) is 35.1. The fourth-order valence-corrected chi connectivity index (χ4v) is 4.95. The highest BCUT2D eigenvalue weighted by Crippen LogP contribution is 2.32. The molecule has 0 saturated carbocycles. The molecule has 7 nitrogen and oxygen atoms in total. The number of aliphatic imine (C=N–C) groups is 2. The SMILES string of the molecule is CC(C)C1=NCC(CC=O)=C1Cl.CC1(c2ccc(C3=C(F)CCC=C3)cc2)N=CNO1.CCC.CN1CCC(C#N)C1. The lowest BCUT2D eigenvalue weighted by Crippen LogP contribution is -2.22. The van der Waals surface area contributed by atoms with Gasteiger partial charge in [0.15, 0.2) is 0 Å². The Bertz CT molecular complexity index is 1230. The van der Waals surface area contributed by atoms with Crippen LogP contribution >= 0.6 is 11.6 Å². The van der Waals surface area contributed by atoms with Gasteiger partial charge in [0, 0.05) is 30.5 Å². The zero-order valence-corrected chi connectivity index (χ0v) is 26.5. The van der Waals surface area contributed by atoms with Gasteiger partial charge in [-0.1, -0.05) is 82.1 Å². The quantitative estimate of drug-likeness (QED) is 0.355. The minimum Gasteiger partial charge on any atom is -0.305 e. The molecule has 1 aromatic carbocycles. The van der Waals surface area contributed by atoms with Crippen molar-refractivity contribution in [1.29, 1.82) is 5.26 Å². The second-order valence-corrected chi connectivity index (χ2v) is 11.4. The maximum absolute atomic E-state index is 13.8. The second kappa shape index (κ2) is 17.7. The van der Waals surface area contributed by atoms with Crippen molar-refractivity contribution in [3.8, 4) is 6.07 Å². The Balaban J connectivity index is 0.000000229. The molecule has 1 aromatic rings. The molecule has 1 N–H and O–H groups in total. The van der Waals surface area contributed by atoms with Gasteiger partial charge in [0.2, 0.25) is 5.72 Å². The van der Waals surface area contributed by atoms with Gasteiger partial charge >= 0.3 is 0 Å². The number of hydroxylamine groups is 1. The van der Waals surface area contributed by atoms with Gasteiger partial charge in [0.25, 0.3) is 0 Å². The number of allylic oxidation sites excluding steroid dienone is 5. The van der Waals surface area contributed by atoms with E-state index in [-0.39, 0.29) is 5.83 Å². The molecule has 0 aromatic heterocycles. The zero-order chi connectivity index (χ0) is 31.1. The number of nitrogens with zero attached hydrogens (tertiary/aromatic N) is 4. The van der Waals surface area contributed by atoms with Gasteiger partial charge in [-0.3, -0.25) is 10.5 Å². The molecule has 3 heterocycles. The van der Waals surface area contributed by atoms with Gasteiger partial charge in [-0.25, -0.2) is 14.2 Å². The number of rotatable bonds is 5.